The van der Waals surface area contributed by atoms with E-state index in [1.54, 1.807) is 7.11 Å². The standard InChI is InChI=1S/C21H27NO2/c1-24-20-9-7-17(8-10-20)15-21(19-5-3-2-4-6-19)22-13-11-18(16-23)12-14-22/h2-10,18,21,23H,11-16H2,1H3. The van der Waals surface area contributed by atoms with Crippen LogP contribution in [0.5, 0.6) is 5.75 Å². The molecular formula is C21H27NO2. The molecule has 0 amide bonds. The average Bonchev–Trinajstić information content (AvgIpc) is 2.67. The molecule has 0 spiro atoms. The fourth-order valence-corrected chi connectivity index (χ4v) is 3.57. The van der Waals surface area contributed by atoms with Crippen LogP contribution >= 0.6 is 0 Å². The van der Waals surface area contributed by atoms with Crippen molar-refractivity contribution >= 4 is 0 Å². The minimum absolute atomic E-state index is 0.322. The van der Waals surface area contributed by atoms with Crippen LogP contribution in [0.2, 0.25) is 0 Å². The summed E-state index contributed by atoms with van der Waals surface area (Å²) in [5.74, 6) is 1.37. The van der Waals surface area contributed by atoms with Crippen LogP contribution in [0, 0.1) is 5.92 Å². The molecule has 1 N–H and O–H groups in total. The largest absolute Gasteiger partial charge is 0.497 e. The lowest BCUT2D eigenvalue weighted by atomic mass is 9.92. The maximum atomic E-state index is 9.39. The monoisotopic (exact) mass is 325 g/mol. The number of methoxy groups -OCH3 is 1. The highest BCUT2D eigenvalue weighted by molar-refractivity contribution is 5.29. The first-order chi connectivity index (χ1) is 11.8. The molecule has 1 unspecified atom stereocenters. The highest BCUT2D eigenvalue weighted by Crippen LogP contribution is 2.30. The molecule has 0 saturated carbocycles. The van der Waals surface area contributed by atoms with Gasteiger partial charge in [0, 0.05) is 12.6 Å². The van der Waals surface area contributed by atoms with Crippen molar-refractivity contribution < 1.29 is 9.84 Å². The normalized spacial score (nSPS) is 17.6. The van der Waals surface area contributed by atoms with Crippen LogP contribution in [0.3, 0.4) is 0 Å². The van der Waals surface area contributed by atoms with Crippen LogP contribution in [0.1, 0.15) is 30.0 Å². The van der Waals surface area contributed by atoms with Crippen molar-refractivity contribution in [3.63, 3.8) is 0 Å². The first-order valence-corrected chi connectivity index (χ1v) is 8.83. The van der Waals surface area contributed by atoms with Crippen molar-refractivity contribution in [3.8, 4) is 5.75 Å². The Kier molecular flexibility index (Phi) is 5.89. The molecule has 1 fully saturated rings. The number of rotatable bonds is 6. The number of benzene rings is 2. The second-order valence-electron chi connectivity index (χ2n) is 6.64. The number of aliphatic hydroxyl groups is 1. The van der Waals surface area contributed by atoms with Crippen molar-refractivity contribution in [2.75, 3.05) is 26.8 Å². The Bertz CT molecular complexity index is 603. The number of likely N-dealkylation sites (tertiary alicyclic amines) is 1. The molecule has 1 aliphatic heterocycles. The van der Waals surface area contributed by atoms with Crippen molar-refractivity contribution in [1.82, 2.24) is 4.90 Å². The molecule has 2 aromatic rings. The van der Waals surface area contributed by atoms with E-state index in [1.165, 1.54) is 11.1 Å². The summed E-state index contributed by atoms with van der Waals surface area (Å²) in [6.45, 7) is 2.43. The van der Waals surface area contributed by atoms with Gasteiger partial charge in [0.05, 0.1) is 7.11 Å². The van der Waals surface area contributed by atoms with Crippen LogP contribution in [0.25, 0.3) is 0 Å². The first kappa shape index (κ1) is 17.0. The van der Waals surface area contributed by atoms with Gasteiger partial charge in [0.15, 0.2) is 0 Å². The maximum Gasteiger partial charge on any atom is 0.118 e. The summed E-state index contributed by atoms with van der Waals surface area (Å²) in [6, 6.07) is 19.6. The van der Waals surface area contributed by atoms with E-state index in [-0.39, 0.29) is 0 Å². The second kappa shape index (κ2) is 8.32. The Morgan fingerprint density at radius 2 is 1.71 bits per heavy atom. The minimum atomic E-state index is 0.322. The lowest BCUT2D eigenvalue weighted by Crippen LogP contribution is -2.38. The summed E-state index contributed by atoms with van der Waals surface area (Å²) in [5, 5.41) is 9.39. The minimum Gasteiger partial charge on any atom is -0.497 e. The molecular weight excluding hydrogens is 298 g/mol. The number of piperidine rings is 1. The lowest BCUT2D eigenvalue weighted by molar-refractivity contribution is 0.0996. The van der Waals surface area contributed by atoms with Crippen molar-refractivity contribution in [3.05, 3.63) is 65.7 Å². The Balaban J connectivity index is 1.77. The number of ether oxygens (including phenoxy) is 1. The summed E-state index contributed by atoms with van der Waals surface area (Å²) < 4.78 is 5.27. The van der Waals surface area contributed by atoms with Crippen LogP contribution in [-0.2, 0) is 6.42 Å². The molecule has 3 heteroatoms. The number of hydrogen-bond acceptors (Lipinski definition) is 3. The number of hydrogen-bond donors (Lipinski definition) is 1. The van der Waals surface area contributed by atoms with Crippen LogP contribution in [-0.4, -0.2) is 36.8 Å². The predicted octanol–water partition coefficient (Wildman–Crippen LogP) is 3.68. The van der Waals surface area contributed by atoms with Gasteiger partial charge < -0.3 is 9.84 Å². The summed E-state index contributed by atoms with van der Waals surface area (Å²) in [5.41, 5.74) is 2.70. The molecule has 1 aliphatic rings. The van der Waals surface area contributed by atoms with Gasteiger partial charge in [-0.2, -0.15) is 0 Å². The van der Waals surface area contributed by atoms with E-state index in [4.69, 9.17) is 4.74 Å². The molecule has 3 rings (SSSR count). The fraction of sp³-hybridized carbons (Fsp3) is 0.429. The van der Waals surface area contributed by atoms with Crippen molar-refractivity contribution in [2.24, 2.45) is 5.92 Å². The van der Waals surface area contributed by atoms with Gasteiger partial charge in [0.1, 0.15) is 5.75 Å². The molecule has 0 aromatic heterocycles. The predicted molar refractivity (Wildman–Crippen MR) is 97.3 cm³/mol. The summed E-state index contributed by atoms with van der Waals surface area (Å²) in [6.07, 6.45) is 3.17. The van der Waals surface area contributed by atoms with Gasteiger partial charge in [-0.15, -0.1) is 0 Å². The van der Waals surface area contributed by atoms with Gasteiger partial charge >= 0.3 is 0 Å². The molecule has 1 saturated heterocycles. The van der Waals surface area contributed by atoms with Gasteiger partial charge in [-0.05, 0) is 61.5 Å². The van der Waals surface area contributed by atoms with E-state index in [9.17, 15) is 5.11 Å². The molecule has 0 bridgehead atoms. The third kappa shape index (κ3) is 4.16. The van der Waals surface area contributed by atoms with E-state index in [0.717, 1.165) is 38.1 Å². The molecule has 1 heterocycles. The summed E-state index contributed by atoms with van der Waals surface area (Å²) >= 11 is 0. The highest BCUT2D eigenvalue weighted by atomic mass is 16.5. The average molecular weight is 325 g/mol. The third-order valence-corrected chi connectivity index (χ3v) is 5.12. The fourth-order valence-electron chi connectivity index (χ4n) is 3.57. The Morgan fingerprint density at radius 1 is 1.04 bits per heavy atom. The summed E-state index contributed by atoms with van der Waals surface area (Å²) in [7, 11) is 1.70. The smallest absolute Gasteiger partial charge is 0.118 e. The Hall–Kier alpha value is -1.84. The highest BCUT2D eigenvalue weighted by Gasteiger charge is 2.26. The van der Waals surface area contributed by atoms with Crippen molar-refractivity contribution in [1.29, 1.82) is 0 Å². The van der Waals surface area contributed by atoms with Crippen LogP contribution in [0.15, 0.2) is 54.6 Å². The zero-order valence-corrected chi connectivity index (χ0v) is 14.4. The quantitative estimate of drug-likeness (QED) is 0.879. The van der Waals surface area contributed by atoms with E-state index >= 15 is 0 Å². The molecule has 0 aliphatic carbocycles. The van der Waals surface area contributed by atoms with E-state index in [2.05, 4.69) is 47.4 Å². The Morgan fingerprint density at radius 3 is 2.29 bits per heavy atom. The SMILES string of the molecule is COc1ccc(CC(c2ccccc2)N2CCC(CO)CC2)cc1. The molecule has 1 atom stereocenters. The number of aliphatic hydroxyl groups excluding tert-OH is 1. The second-order valence-corrected chi connectivity index (χ2v) is 6.64. The van der Waals surface area contributed by atoms with Gasteiger partial charge in [-0.3, -0.25) is 4.90 Å². The van der Waals surface area contributed by atoms with Gasteiger partial charge in [-0.1, -0.05) is 42.5 Å². The molecule has 3 nitrogen and oxygen atoms in total. The van der Waals surface area contributed by atoms with Gasteiger partial charge in [0.2, 0.25) is 0 Å². The zero-order valence-electron chi connectivity index (χ0n) is 14.4. The molecule has 128 valence electrons. The number of nitrogens with zero attached hydrogens (tertiary/aromatic N) is 1. The van der Waals surface area contributed by atoms with Gasteiger partial charge in [-0.25, -0.2) is 0 Å². The van der Waals surface area contributed by atoms with Crippen LogP contribution < -0.4 is 4.74 Å². The van der Waals surface area contributed by atoms with E-state index in [1.807, 2.05) is 12.1 Å². The van der Waals surface area contributed by atoms with E-state index in [0.29, 0.717) is 18.6 Å². The topological polar surface area (TPSA) is 32.7 Å². The van der Waals surface area contributed by atoms with Crippen molar-refractivity contribution in [2.45, 2.75) is 25.3 Å². The lowest BCUT2D eigenvalue weighted by Gasteiger charge is -2.37. The molecule has 2 aromatic carbocycles. The molecule has 0 radical (unpaired) electrons. The maximum absolute atomic E-state index is 9.39. The zero-order chi connectivity index (χ0) is 16.8. The van der Waals surface area contributed by atoms with Gasteiger partial charge in [0.25, 0.3) is 0 Å². The van der Waals surface area contributed by atoms with Crippen LogP contribution in [0.4, 0.5) is 0 Å². The Labute approximate surface area is 144 Å². The van der Waals surface area contributed by atoms with E-state index < -0.39 is 0 Å². The first-order valence-electron chi connectivity index (χ1n) is 8.83. The third-order valence-electron chi connectivity index (χ3n) is 5.12. The molecule has 24 heavy (non-hydrogen) atoms. The summed E-state index contributed by atoms with van der Waals surface area (Å²) in [4.78, 5) is 2.58.